The predicted octanol–water partition coefficient (Wildman–Crippen LogP) is 4.32. The smallest absolute Gasteiger partial charge is 0.232 e. The summed E-state index contributed by atoms with van der Waals surface area (Å²) >= 11 is 0. The summed E-state index contributed by atoms with van der Waals surface area (Å²) in [5.41, 5.74) is 3.42. The van der Waals surface area contributed by atoms with Crippen LogP contribution in [0.1, 0.15) is 49.0 Å². The molecule has 0 spiro atoms. The maximum atomic E-state index is 13.2. The lowest BCUT2D eigenvalue weighted by molar-refractivity contribution is -0.122. The second-order valence-electron chi connectivity index (χ2n) is 7.82. The zero-order valence-corrected chi connectivity index (χ0v) is 17.2. The lowest BCUT2D eigenvalue weighted by Gasteiger charge is -2.40. The Kier molecular flexibility index (Phi) is 5.09. The maximum Gasteiger partial charge on any atom is 0.232 e. The van der Waals surface area contributed by atoms with Gasteiger partial charge in [-0.25, -0.2) is 4.68 Å². The Bertz CT molecular complexity index is 992. The van der Waals surface area contributed by atoms with Gasteiger partial charge in [0.15, 0.2) is 0 Å². The summed E-state index contributed by atoms with van der Waals surface area (Å²) in [4.78, 5) is 19.5. The van der Waals surface area contributed by atoms with Crippen molar-refractivity contribution in [1.82, 2.24) is 14.8 Å². The molecule has 29 heavy (non-hydrogen) atoms. The molecule has 0 radical (unpaired) electrons. The summed E-state index contributed by atoms with van der Waals surface area (Å²) in [6.07, 6.45) is 2.26. The highest BCUT2D eigenvalue weighted by atomic mass is 16.5. The molecule has 150 valence electrons. The minimum Gasteiger partial charge on any atom is -0.497 e. The van der Waals surface area contributed by atoms with Crippen LogP contribution in [0.3, 0.4) is 0 Å². The van der Waals surface area contributed by atoms with Gasteiger partial charge in [-0.15, -0.1) is 0 Å². The van der Waals surface area contributed by atoms with Gasteiger partial charge < -0.3 is 4.74 Å². The molecular formula is C23H26N4O2. The summed E-state index contributed by atoms with van der Waals surface area (Å²) < 4.78 is 7.17. The van der Waals surface area contributed by atoms with Crippen LogP contribution in [0.5, 0.6) is 5.75 Å². The van der Waals surface area contributed by atoms with E-state index < -0.39 is 0 Å². The fraction of sp³-hybridized carbons (Fsp3) is 0.348. The summed E-state index contributed by atoms with van der Waals surface area (Å²) in [6, 6.07) is 16.3. The Hall–Kier alpha value is -3.15. The Morgan fingerprint density at radius 1 is 1.03 bits per heavy atom. The molecule has 1 aromatic heterocycles. The molecule has 1 amide bonds. The number of fused-ring (bicyclic) bond motifs is 1. The molecule has 4 rings (SSSR count). The molecule has 1 aliphatic rings. The highest BCUT2D eigenvalue weighted by Gasteiger charge is 2.39. The maximum absolute atomic E-state index is 13.2. The van der Waals surface area contributed by atoms with E-state index in [1.54, 1.807) is 7.11 Å². The van der Waals surface area contributed by atoms with E-state index in [1.807, 2.05) is 35.6 Å². The van der Waals surface area contributed by atoms with Crippen molar-refractivity contribution in [3.05, 3.63) is 71.5 Å². The number of anilines is 1. The number of nitrogens with zero attached hydrogens (tertiary/aromatic N) is 4. The van der Waals surface area contributed by atoms with Crippen LogP contribution < -0.4 is 9.64 Å². The molecule has 3 aromatic rings. The van der Waals surface area contributed by atoms with Crippen molar-refractivity contribution >= 4 is 11.9 Å². The van der Waals surface area contributed by atoms with Crippen molar-refractivity contribution in [2.45, 2.75) is 39.3 Å². The van der Waals surface area contributed by atoms with Crippen molar-refractivity contribution < 1.29 is 9.53 Å². The molecule has 2 heterocycles. The van der Waals surface area contributed by atoms with Gasteiger partial charge in [0, 0.05) is 5.92 Å². The monoisotopic (exact) mass is 390 g/mol. The minimum atomic E-state index is -0.134. The van der Waals surface area contributed by atoms with E-state index in [-0.39, 0.29) is 23.9 Å². The molecular weight excluding hydrogens is 364 g/mol. The number of rotatable bonds is 4. The molecule has 1 aliphatic heterocycles. The van der Waals surface area contributed by atoms with E-state index in [0.29, 0.717) is 5.95 Å². The van der Waals surface area contributed by atoms with E-state index in [2.05, 4.69) is 53.4 Å². The van der Waals surface area contributed by atoms with Crippen LogP contribution >= 0.6 is 0 Å². The van der Waals surface area contributed by atoms with Crippen LogP contribution in [0.15, 0.2) is 54.9 Å². The molecule has 6 nitrogen and oxygen atoms in total. The molecule has 0 unspecified atom stereocenters. The number of ether oxygens (including phenoxy) is 1. The first-order valence-electron chi connectivity index (χ1n) is 9.92. The van der Waals surface area contributed by atoms with Crippen molar-refractivity contribution in [2.75, 3.05) is 12.0 Å². The highest BCUT2D eigenvalue weighted by molar-refractivity contribution is 5.94. The average Bonchev–Trinajstić information content (AvgIpc) is 3.22. The van der Waals surface area contributed by atoms with Gasteiger partial charge in [-0.2, -0.15) is 10.1 Å². The summed E-state index contributed by atoms with van der Waals surface area (Å²) in [5, 5.41) is 4.47. The highest BCUT2D eigenvalue weighted by Crippen LogP contribution is 2.42. The van der Waals surface area contributed by atoms with Crippen LogP contribution in [0.4, 0.5) is 5.95 Å². The number of carbonyl (C=O) groups excluding carboxylic acids is 1. The fourth-order valence-corrected chi connectivity index (χ4v) is 3.90. The number of amides is 1. The molecule has 0 saturated carbocycles. The molecule has 6 heteroatoms. The van der Waals surface area contributed by atoms with Gasteiger partial charge in [-0.3, -0.25) is 9.69 Å². The lowest BCUT2D eigenvalue weighted by atomic mass is 9.91. The van der Waals surface area contributed by atoms with Crippen LogP contribution in [0.25, 0.3) is 0 Å². The fourth-order valence-electron chi connectivity index (χ4n) is 3.90. The molecule has 0 saturated heterocycles. The predicted molar refractivity (Wildman–Crippen MR) is 112 cm³/mol. The van der Waals surface area contributed by atoms with Crippen LogP contribution in [-0.2, 0) is 4.79 Å². The van der Waals surface area contributed by atoms with Gasteiger partial charge in [0.25, 0.3) is 0 Å². The van der Waals surface area contributed by atoms with Gasteiger partial charge in [-0.05, 0) is 36.6 Å². The molecule has 0 N–H and O–H groups in total. The van der Waals surface area contributed by atoms with Gasteiger partial charge in [0.05, 0.1) is 19.2 Å². The Labute approximate surface area is 171 Å². The second kappa shape index (κ2) is 7.70. The minimum absolute atomic E-state index is 0.0130. The number of aryl methyl sites for hydroxylation is 1. The summed E-state index contributed by atoms with van der Waals surface area (Å²) in [6.45, 7) is 5.91. The van der Waals surface area contributed by atoms with Crippen molar-refractivity contribution in [3.63, 3.8) is 0 Å². The van der Waals surface area contributed by atoms with Crippen LogP contribution in [0, 0.1) is 12.8 Å². The molecule has 0 aliphatic carbocycles. The lowest BCUT2D eigenvalue weighted by Crippen LogP contribution is -2.44. The number of aromatic nitrogens is 3. The van der Waals surface area contributed by atoms with E-state index in [4.69, 9.17) is 4.74 Å². The third kappa shape index (κ3) is 3.50. The Morgan fingerprint density at radius 2 is 1.66 bits per heavy atom. The van der Waals surface area contributed by atoms with Crippen molar-refractivity contribution in [1.29, 1.82) is 0 Å². The van der Waals surface area contributed by atoms with E-state index in [9.17, 15) is 4.79 Å². The molecule has 2 atom stereocenters. The van der Waals surface area contributed by atoms with Gasteiger partial charge >= 0.3 is 0 Å². The number of benzene rings is 2. The number of hydrogen-bond donors (Lipinski definition) is 0. The first-order chi connectivity index (χ1) is 14.0. The van der Waals surface area contributed by atoms with Crippen molar-refractivity contribution in [2.24, 2.45) is 5.92 Å². The zero-order valence-electron chi connectivity index (χ0n) is 17.2. The molecule has 2 aromatic carbocycles. The number of methoxy groups -OCH3 is 1. The quantitative estimate of drug-likeness (QED) is 0.666. The topological polar surface area (TPSA) is 60.2 Å². The largest absolute Gasteiger partial charge is 0.497 e. The Morgan fingerprint density at radius 3 is 2.28 bits per heavy atom. The second-order valence-corrected chi connectivity index (χ2v) is 7.82. The van der Waals surface area contributed by atoms with Gasteiger partial charge in [0.1, 0.15) is 12.1 Å². The standard InChI is InChI=1S/C23H26N4O2/c1-15(2)22(28)26-20(17-7-5-16(3)6-8-17)13-21(27-23(26)24-14-25-27)18-9-11-19(29-4)12-10-18/h5-12,14-15,20-21H,13H2,1-4H3/t20-,21-/m0/s1. The first kappa shape index (κ1) is 19.2. The van der Waals surface area contributed by atoms with E-state index in [1.165, 1.54) is 11.9 Å². The molecule has 0 bridgehead atoms. The van der Waals surface area contributed by atoms with E-state index in [0.717, 1.165) is 23.3 Å². The Balaban J connectivity index is 1.82. The normalized spacial score (nSPS) is 18.6. The third-order valence-corrected chi connectivity index (χ3v) is 5.52. The van der Waals surface area contributed by atoms with Crippen molar-refractivity contribution in [3.8, 4) is 5.75 Å². The first-order valence-corrected chi connectivity index (χ1v) is 9.92. The average molecular weight is 390 g/mol. The number of carbonyl (C=O) groups is 1. The molecule has 0 fully saturated rings. The van der Waals surface area contributed by atoms with Gasteiger partial charge in [0.2, 0.25) is 11.9 Å². The summed E-state index contributed by atoms with van der Waals surface area (Å²) in [7, 11) is 1.66. The van der Waals surface area contributed by atoms with Crippen LogP contribution in [-0.4, -0.2) is 27.8 Å². The third-order valence-electron chi connectivity index (χ3n) is 5.52. The SMILES string of the molecule is COc1ccc([C@@H]2C[C@@H](c3ccc(C)cc3)N(C(=O)C(C)C)c3ncnn32)cc1. The zero-order chi connectivity index (χ0) is 20.5. The van der Waals surface area contributed by atoms with Gasteiger partial charge in [-0.1, -0.05) is 55.8 Å². The van der Waals surface area contributed by atoms with Crippen LogP contribution in [0.2, 0.25) is 0 Å². The number of hydrogen-bond acceptors (Lipinski definition) is 4. The summed E-state index contributed by atoms with van der Waals surface area (Å²) in [5.74, 6) is 1.33. The van der Waals surface area contributed by atoms with E-state index >= 15 is 0 Å².